The van der Waals surface area contributed by atoms with Crippen LogP contribution in [0.25, 0.3) is 0 Å². The minimum Gasteiger partial charge on any atom is -0.546 e. The second kappa shape index (κ2) is 4.99. The average molecular weight is 222 g/mol. The van der Waals surface area contributed by atoms with Crippen LogP contribution in [0.3, 0.4) is 0 Å². The first kappa shape index (κ1) is 12.5. The molecule has 16 heavy (non-hydrogen) atoms. The van der Waals surface area contributed by atoms with Gasteiger partial charge in [-0.15, -0.1) is 0 Å². The molecule has 0 heterocycles. The van der Waals surface area contributed by atoms with Crippen LogP contribution in [0.1, 0.15) is 19.4 Å². The third kappa shape index (κ3) is 3.24. The fraction of sp³-hybridized carbons (Fsp3) is 0.417. The quantitative estimate of drug-likeness (QED) is 0.766. The highest BCUT2D eigenvalue weighted by molar-refractivity contribution is 5.74. The molecule has 4 heteroatoms. The molecule has 2 N–H and O–H groups in total. The number of aliphatic carboxylic acids is 1. The van der Waals surface area contributed by atoms with Crippen LogP contribution in [0.2, 0.25) is 0 Å². The average Bonchev–Trinajstić information content (AvgIpc) is 2.21. The molecule has 0 amide bonds. The van der Waals surface area contributed by atoms with Crippen LogP contribution in [0.5, 0.6) is 5.75 Å². The van der Waals surface area contributed by atoms with Crippen LogP contribution in [-0.4, -0.2) is 18.1 Å². The Kier molecular flexibility index (Phi) is 3.90. The molecule has 88 valence electrons. The molecule has 0 saturated heterocycles. The lowest BCUT2D eigenvalue weighted by molar-refractivity contribution is -0.320. The van der Waals surface area contributed by atoms with Crippen molar-refractivity contribution in [1.82, 2.24) is 0 Å². The van der Waals surface area contributed by atoms with E-state index in [4.69, 9.17) is 10.5 Å². The van der Waals surface area contributed by atoms with E-state index in [1.807, 2.05) is 12.1 Å². The highest BCUT2D eigenvalue weighted by Gasteiger charge is 2.21. The maximum atomic E-state index is 10.7. The van der Waals surface area contributed by atoms with Gasteiger partial charge in [-0.05, 0) is 44.5 Å². The van der Waals surface area contributed by atoms with E-state index in [-0.39, 0.29) is 0 Å². The lowest BCUT2D eigenvalue weighted by Gasteiger charge is -2.27. The summed E-state index contributed by atoms with van der Waals surface area (Å²) in [5.41, 5.74) is 5.20. The van der Waals surface area contributed by atoms with Gasteiger partial charge < -0.3 is 20.4 Å². The van der Waals surface area contributed by atoms with Crippen LogP contribution >= 0.6 is 0 Å². The van der Waals surface area contributed by atoms with E-state index < -0.39 is 11.6 Å². The molecule has 0 spiro atoms. The fourth-order valence-electron chi connectivity index (χ4n) is 1.23. The summed E-state index contributed by atoms with van der Waals surface area (Å²) < 4.78 is 5.30. The predicted molar refractivity (Wildman–Crippen MR) is 58.9 cm³/mol. The lowest BCUT2D eigenvalue weighted by Crippen LogP contribution is -2.47. The lowest BCUT2D eigenvalue weighted by atomic mass is 10.1. The summed E-state index contributed by atoms with van der Waals surface area (Å²) >= 11 is 0. The van der Waals surface area contributed by atoms with E-state index in [0.29, 0.717) is 12.3 Å². The van der Waals surface area contributed by atoms with Gasteiger partial charge in [0.25, 0.3) is 0 Å². The predicted octanol–water partition coefficient (Wildman–Crippen LogP) is 0.0951. The fourth-order valence-corrected chi connectivity index (χ4v) is 1.23. The van der Waals surface area contributed by atoms with E-state index in [1.54, 1.807) is 12.1 Å². The summed E-state index contributed by atoms with van der Waals surface area (Å²) in [4.78, 5) is 10.7. The molecule has 0 aliphatic heterocycles. The highest BCUT2D eigenvalue weighted by Crippen LogP contribution is 2.18. The number of benzene rings is 1. The molecule has 0 aliphatic rings. The molecule has 1 aromatic carbocycles. The summed E-state index contributed by atoms with van der Waals surface area (Å²) in [6.45, 7) is 3.50. The van der Waals surface area contributed by atoms with Gasteiger partial charge in [-0.25, -0.2) is 0 Å². The molecule has 1 rings (SSSR count). The Morgan fingerprint density at radius 1 is 1.38 bits per heavy atom. The number of carboxylic acid groups (broad SMARTS) is 1. The van der Waals surface area contributed by atoms with Crippen molar-refractivity contribution < 1.29 is 14.6 Å². The molecule has 0 aromatic heterocycles. The van der Waals surface area contributed by atoms with Crippen LogP contribution < -0.4 is 15.6 Å². The van der Waals surface area contributed by atoms with Gasteiger partial charge in [0.15, 0.2) is 0 Å². The van der Waals surface area contributed by atoms with Crippen molar-refractivity contribution in [3.05, 3.63) is 29.8 Å². The second-order valence-electron chi connectivity index (χ2n) is 4.08. The number of carboxylic acids is 1. The number of carbonyl (C=O) groups is 1. The van der Waals surface area contributed by atoms with E-state index in [1.165, 1.54) is 13.8 Å². The van der Waals surface area contributed by atoms with Gasteiger partial charge in [-0.2, -0.15) is 0 Å². The minimum absolute atomic E-state index is 0.509. The van der Waals surface area contributed by atoms with Crippen LogP contribution in [0.15, 0.2) is 24.3 Å². The standard InChI is InChI=1S/C12H17NO3/c1-12(2,11(14)15)16-10-5-3-9(4-6-10)7-8-13/h3-6H,7-8,13H2,1-2H3,(H,14,15)/p-1. The van der Waals surface area contributed by atoms with Gasteiger partial charge in [-0.1, -0.05) is 12.1 Å². The molecule has 0 saturated carbocycles. The monoisotopic (exact) mass is 222 g/mol. The van der Waals surface area contributed by atoms with Crippen molar-refractivity contribution in [1.29, 1.82) is 0 Å². The summed E-state index contributed by atoms with van der Waals surface area (Å²) in [5, 5.41) is 10.7. The Balaban J connectivity index is 2.72. The number of ether oxygens (including phenoxy) is 1. The summed E-state index contributed by atoms with van der Waals surface area (Å²) in [7, 11) is 0. The first-order chi connectivity index (χ1) is 7.45. The first-order valence-corrected chi connectivity index (χ1v) is 5.15. The minimum atomic E-state index is -1.32. The van der Waals surface area contributed by atoms with Crippen molar-refractivity contribution in [3.8, 4) is 5.75 Å². The topological polar surface area (TPSA) is 75.4 Å². The van der Waals surface area contributed by atoms with Crippen molar-refractivity contribution in [3.63, 3.8) is 0 Å². The maximum Gasteiger partial charge on any atom is 0.143 e. The molecular weight excluding hydrogens is 206 g/mol. The van der Waals surface area contributed by atoms with E-state index in [9.17, 15) is 9.90 Å². The number of hydrogen-bond acceptors (Lipinski definition) is 4. The van der Waals surface area contributed by atoms with Crippen molar-refractivity contribution in [2.75, 3.05) is 6.54 Å². The smallest absolute Gasteiger partial charge is 0.143 e. The Labute approximate surface area is 95.0 Å². The van der Waals surface area contributed by atoms with Crippen molar-refractivity contribution in [2.45, 2.75) is 25.9 Å². The van der Waals surface area contributed by atoms with Crippen LogP contribution in [0.4, 0.5) is 0 Å². The normalized spacial score (nSPS) is 11.2. The summed E-state index contributed by atoms with van der Waals surface area (Å²) in [6.07, 6.45) is 0.796. The number of nitrogens with two attached hydrogens (primary N) is 1. The number of rotatable bonds is 5. The van der Waals surface area contributed by atoms with Crippen LogP contribution in [0, 0.1) is 0 Å². The van der Waals surface area contributed by atoms with Crippen molar-refractivity contribution in [2.24, 2.45) is 5.73 Å². The molecule has 0 fully saturated rings. The maximum absolute atomic E-state index is 10.7. The molecule has 0 aliphatic carbocycles. The SMILES string of the molecule is CC(C)(Oc1ccc(CCN)cc1)C(=O)[O-]. The first-order valence-electron chi connectivity index (χ1n) is 5.15. The molecule has 1 aromatic rings. The largest absolute Gasteiger partial charge is 0.546 e. The van der Waals surface area contributed by atoms with Gasteiger partial charge >= 0.3 is 0 Å². The Bertz CT molecular complexity index is 357. The second-order valence-corrected chi connectivity index (χ2v) is 4.08. The summed E-state index contributed by atoms with van der Waals surface area (Å²) in [5.74, 6) is -0.728. The Morgan fingerprint density at radius 2 is 1.94 bits per heavy atom. The van der Waals surface area contributed by atoms with E-state index >= 15 is 0 Å². The molecular formula is C12H16NO3-. The number of hydrogen-bond donors (Lipinski definition) is 1. The van der Waals surface area contributed by atoms with Crippen LogP contribution in [-0.2, 0) is 11.2 Å². The zero-order valence-electron chi connectivity index (χ0n) is 9.53. The molecule has 0 unspecified atom stereocenters. The van der Waals surface area contributed by atoms with Gasteiger partial charge in [-0.3, -0.25) is 0 Å². The highest BCUT2D eigenvalue weighted by atomic mass is 16.5. The zero-order chi connectivity index (χ0) is 12.2. The van der Waals surface area contributed by atoms with Crippen molar-refractivity contribution >= 4 is 5.97 Å². The Hall–Kier alpha value is -1.55. The summed E-state index contributed by atoms with van der Waals surface area (Å²) in [6, 6.07) is 7.20. The Morgan fingerprint density at radius 3 is 2.38 bits per heavy atom. The van der Waals surface area contributed by atoms with Gasteiger partial charge in [0.1, 0.15) is 11.4 Å². The third-order valence-corrected chi connectivity index (χ3v) is 2.22. The van der Waals surface area contributed by atoms with Gasteiger partial charge in [0, 0.05) is 0 Å². The molecule has 4 nitrogen and oxygen atoms in total. The zero-order valence-corrected chi connectivity index (χ0v) is 9.53. The molecule has 0 bridgehead atoms. The number of carbonyl (C=O) groups excluding carboxylic acids is 1. The van der Waals surface area contributed by atoms with E-state index in [2.05, 4.69) is 0 Å². The van der Waals surface area contributed by atoms with Gasteiger partial charge in [0.05, 0.1) is 5.97 Å². The van der Waals surface area contributed by atoms with E-state index in [0.717, 1.165) is 12.0 Å². The third-order valence-electron chi connectivity index (χ3n) is 2.22. The molecule has 0 atom stereocenters. The van der Waals surface area contributed by atoms with Gasteiger partial charge in [0.2, 0.25) is 0 Å². The molecule has 0 radical (unpaired) electrons.